The quantitative estimate of drug-likeness (QED) is 0.870. The fourth-order valence-corrected chi connectivity index (χ4v) is 1.65. The Morgan fingerprint density at radius 1 is 1.25 bits per heavy atom. The Balaban J connectivity index is 2.58. The number of hydrogen-bond donors (Lipinski definition) is 1. The van der Waals surface area contributed by atoms with Crippen molar-refractivity contribution in [3.63, 3.8) is 0 Å². The van der Waals surface area contributed by atoms with Gasteiger partial charge in [0.25, 0.3) is 0 Å². The van der Waals surface area contributed by atoms with Crippen molar-refractivity contribution in [1.29, 1.82) is 0 Å². The van der Waals surface area contributed by atoms with Gasteiger partial charge in [-0.05, 0) is 24.3 Å². The van der Waals surface area contributed by atoms with E-state index in [2.05, 4.69) is 4.98 Å². The fraction of sp³-hybridized carbons (Fsp3) is 0.0833. The minimum atomic E-state index is 0.111. The average Bonchev–Trinajstić information content (AvgIpc) is 2.29. The molecule has 1 heterocycles. The van der Waals surface area contributed by atoms with Gasteiger partial charge >= 0.3 is 0 Å². The van der Waals surface area contributed by atoms with E-state index < -0.39 is 0 Å². The number of rotatable bonds is 2. The number of pyridine rings is 1. The molecule has 0 fully saturated rings. The number of halogens is 1. The highest BCUT2D eigenvalue weighted by molar-refractivity contribution is 6.31. The molecule has 0 aliphatic carbocycles. The van der Waals surface area contributed by atoms with E-state index in [1.54, 1.807) is 37.6 Å². The molecule has 0 unspecified atom stereocenters. The molecule has 4 heteroatoms. The molecule has 2 rings (SSSR count). The SMILES string of the molecule is COc1ccc(Cl)cc1-c1cncc(O)c1. The molecule has 0 spiro atoms. The molecule has 1 aromatic carbocycles. The molecule has 16 heavy (non-hydrogen) atoms. The molecule has 0 saturated carbocycles. The number of aromatic hydroxyl groups is 1. The highest BCUT2D eigenvalue weighted by Gasteiger charge is 2.07. The third kappa shape index (κ3) is 2.09. The zero-order valence-corrected chi connectivity index (χ0v) is 9.40. The normalized spacial score (nSPS) is 10.1. The summed E-state index contributed by atoms with van der Waals surface area (Å²) in [5, 5.41) is 9.98. The van der Waals surface area contributed by atoms with Gasteiger partial charge < -0.3 is 9.84 Å². The second kappa shape index (κ2) is 4.41. The van der Waals surface area contributed by atoms with Crippen LogP contribution in [-0.4, -0.2) is 17.2 Å². The number of ether oxygens (including phenoxy) is 1. The van der Waals surface area contributed by atoms with Crippen molar-refractivity contribution in [2.45, 2.75) is 0 Å². The van der Waals surface area contributed by atoms with Gasteiger partial charge in [-0.25, -0.2) is 0 Å². The van der Waals surface area contributed by atoms with E-state index in [4.69, 9.17) is 16.3 Å². The van der Waals surface area contributed by atoms with Crippen LogP contribution in [0, 0.1) is 0 Å². The summed E-state index contributed by atoms with van der Waals surface area (Å²) in [6.07, 6.45) is 3.02. The second-order valence-corrected chi connectivity index (χ2v) is 3.71. The van der Waals surface area contributed by atoms with Crippen LogP contribution in [0.2, 0.25) is 5.02 Å². The maximum atomic E-state index is 9.37. The van der Waals surface area contributed by atoms with Crippen LogP contribution in [0.15, 0.2) is 36.7 Å². The lowest BCUT2D eigenvalue weighted by Gasteiger charge is -2.08. The summed E-state index contributed by atoms with van der Waals surface area (Å²) in [4.78, 5) is 3.92. The summed E-state index contributed by atoms with van der Waals surface area (Å²) >= 11 is 5.93. The molecule has 0 aliphatic heterocycles. The number of aromatic nitrogens is 1. The molecule has 0 aliphatic rings. The zero-order valence-electron chi connectivity index (χ0n) is 8.64. The van der Waals surface area contributed by atoms with Gasteiger partial charge in [0.05, 0.1) is 13.3 Å². The lowest BCUT2D eigenvalue weighted by atomic mass is 10.1. The highest BCUT2D eigenvalue weighted by atomic mass is 35.5. The zero-order chi connectivity index (χ0) is 11.5. The third-order valence-corrected chi connectivity index (χ3v) is 2.43. The maximum absolute atomic E-state index is 9.37. The lowest BCUT2D eigenvalue weighted by Crippen LogP contribution is -1.88. The van der Waals surface area contributed by atoms with Gasteiger partial charge in [-0.3, -0.25) is 4.98 Å². The third-order valence-electron chi connectivity index (χ3n) is 2.20. The van der Waals surface area contributed by atoms with Crippen LogP contribution in [0.1, 0.15) is 0 Å². The summed E-state index contributed by atoms with van der Waals surface area (Å²) in [6, 6.07) is 6.92. The Morgan fingerprint density at radius 3 is 2.75 bits per heavy atom. The topological polar surface area (TPSA) is 42.4 Å². The predicted molar refractivity (Wildman–Crippen MR) is 62.9 cm³/mol. The van der Waals surface area contributed by atoms with Gasteiger partial charge in [0, 0.05) is 22.3 Å². The molecular weight excluding hydrogens is 226 g/mol. The summed E-state index contributed by atoms with van der Waals surface area (Å²) in [7, 11) is 1.59. The lowest BCUT2D eigenvalue weighted by molar-refractivity contribution is 0.416. The van der Waals surface area contributed by atoms with Crippen LogP contribution in [-0.2, 0) is 0 Å². The molecule has 0 radical (unpaired) electrons. The first-order valence-electron chi connectivity index (χ1n) is 4.68. The molecule has 0 bridgehead atoms. The molecule has 1 aromatic heterocycles. The van der Waals surface area contributed by atoms with Gasteiger partial charge in [-0.15, -0.1) is 0 Å². The van der Waals surface area contributed by atoms with Crippen LogP contribution in [0.25, 0.3) is 11.1 Å². The van der Waals surface area contributed by atoms with E-state index in [0.29, 0.717) is 10.8 Å². The van der Waals surface area contributed by atoms with E-state index in [9.17, 15) is 5.11 Å². The first-order valence-corrected chi connectivity index (χ1v) is 5.06. The van der Waals surface area contributed by atoms with Crippen molar-refractivity contribution in [2.75, 3.05) is 7.11 Å². The van der Waals surface area contributed by atoms with E-state index in [0.717, 1.165) is 11.1 Å². The van der Waals surface area contributed by atoms with E-state index >= 15 is 0 Å². The van der Waals surface area contributed by atoms with Gasteiger partial charge in [-0.2, -0.15) is 0 Å². The Morgan fingerprint density at radius 2 is 2.06 bits per heavy atom. The molecule has 3 nitrogen and oxygen atoms in total. The minimum absolute atomic E-state index is 0.111. The van der Waals surface area contributed by atoms with Gasteiger partial charge in [-0.1, -0.05) is 11.6 Å². The Hall–Kier alpha value is -1.74. The van der Waals surface area contributed by atoms with Gasteiger partial charge in [0.2, 0.25) is 0 Å². The van der Waals surface area contributed by atoms with Crippen LogP contribution in [0.4, 0.5) is 0 Å². The molecular formula is C12H10ClNO2. The second-order valence-electron chi connectivity index (χ2n) is 3.28. The van der Waals surface area contributed by atoms with Crippen molar-refractivity contribution >= 4 is 11.6 Å². The first kappa shape index (κ1) is 10.8. The van der Waals surface area contributed by atoms with Crippen molar-refractivity contribution in [3.05, 3.63) is 41.7 Å². The Bertz CT molecular complexity index is 514. The summed E-state index contributed by atoms with van der Waals surface area (Å²) in [6.45, 7) is 0. The Kier molecular flexibility index (Phi) is 2.97. The molecule has 0 atom stereocenters. The summed E-state index contributed by atoms with van der Waals surface area (Å²) in [5.41, 5.74) is 1.57. The monoisotopic (exact) mass is 235 g/mol. The molecule has 1 N–H and O–H groups in total. The number of nitrogens with zero attached hydrogens (tertiary/aromatic N) is 1. The minimum Gasteiger partial charge on any atom is -0.506 e. The number of methoxy groups -OCH3 is 1. The van der Waals surface area contributed by atoms with E-state index in [1.807, 2.05) is 0 Å². The average molecular weight is 236 g/mol. The largest absolute Gasteiger partial charge is 0.506 e. The van der Waals surface area contributed by atoms with E-state index in [1.165, 1.54) is 6.20 Å². The van der Waals surface area contributed by atoms with Crippen molar-refractivity contribution in [1.82, 2.24) is 4.98 Å². The van der Waals surface area contributed by atoms with Crippen molar-refractivity contribution < 1.29 is 9.84 Å². The Labute approximate surface area is 98.3 Å². The van der Waals surface area contributed by atoms with Crippen LogP contribution in [0.3, 0.4) is 0 Å². The maximum Gasteiger partial charge on any atom is 0.134 e. The standard InChI is InChI=1S/C12H10ClNO2/c1-16-12-3-2-9(13)5-11(12)8-4-10(15)7-14-6-8/h2-7,15H,1H3. The first-order chi connectivity index (χ1) is 7.70. The van der Waals surface area contributed by atoms with Gasteiger partial charge in [0.1, 0.15) is 11.5 Å². The van der Waals surface area contributed by atoms with Gasteiger partial charge in [0.15, 0.2) is 0 Å². The number of benzene rings is 1. The summed E-state index contributed by atoms with van der Waals surface area (Å²) in [5.74, 6) is 0.802. The van der Waals surface area contributed by atoms with Crippen LogP contribution in [0.5, 0.6) is 11.5 Å². The highest BCUT2D eigenvalue weighted by Crippen LogP contribution is 2.33. The van der Waals surface area contributed by atoms with Crippen LogP contribution >= 0.6 is 11.6 Å². The molecule has 82 valence electrons. The molecule has 0 amide bonds. The molecule has 2 aromatic rings. The fourth-order valence-electron chi connectivity index (χ4n) is 1.48. The van der Waals surface area contributed by atoms with Crippen molar-refractivity contribution in [2.24, 2.45) is 0 Å². The number of hydrogen-bond acceptors (Lipinski definition) is 3. The smallest absolute Gasteiger partial charge is 0.134 e. The predicted octanol–water partition coefficient (Wildman–Crippen LogP) is 3.12. The molecule has 0 saturated heterocycles. The summed E-state index contributed by atoms with van der Waals surface area (Å²) < 4.78 is 5.23. The van der Waals surface area contributed by atoms with Crippen LogP contribution < -0.4 is 4.74 Å². The van der Waals surface area contributed by atoms with E-state index in [-0.39, 0.29) is 5.75 Å². The van der Waals surface area contributed by atoms with Crippen molar-refractivity contribution in [3.8, 4) is 22.6 Å².